The van der Waals surface area contributed by atoms with Gasteiger partial charge in [0.1, 0.15) is 0 Å². The maximum absolute atomic E-state index is 10.7. The van der Waals surface area contributed by atoms with Crippen LogP contribution in [0.4, 0.5) is 0 Å². The highest BCUT2D eigenvalue weighted by Gasteiger charge is 2.74. The van der Waals surface area contributed by atoms with Crippen molar-refractivity contribution in [3.8, 4) is 0 Å². The van der Waals surface area contributed by atoms with Crippen LogP contribution in [0.25, 0.3) is 0 Å². The van der Waals surface area contributed by atoms with E-state index in [1.807, 2.05) is 13.8 Å². The maximum Gasteiger partial charge on any atom is 0.184 e. The fraction of sp³-hybridized carbons (Fsp3) is 0.857. The van der Waals surface area contributed by atoms with Gasteiger partial charge >= 0.3 is 0 Å². The second-order valence-electron chi connectivity index (χ2n) is 6.62. The van der Waals surface area contributed by atoms with Gasteiger partial charge in [-0.3, -0.25) is 4.90 Å². The first-order valence-electron chi connectivity index (χ1n) is 6.72. The molecule has 0 unspecified atom stereocenters. The zero-order valence-electron chi connectivity index (χ0n) is 10.9. The van der Waals surface area contributed by atoms with Crippen LogP contribution < -0.4 is 0 Å². The summed E-state index contributed by atoms with van der Waals surface area (Å²) in [5.41, 5.74) is 0.856. The molecule has 0 aromatic carbocycles. The number of rotatable bonds is 2. The fourth-order valence-electron chi connectivity index (χ4n) is 4.33. The Labute approximate surface area is 103 Å². The Kier molecular flexibility index (Phi) is 2.16. The van der Waals surface area contributed by atoms with Crippen molar-refractivity contribution in [1.29, 1.82) is 0 Å². The lowest BCUT2D eigenvalue weighted by molar-refractivity contribution is -0.274. The highest BCUT2D eigenvalue weighted by molar-refractivity contribution is 5.31. The van der Waals surface area contributed by atoms with Crippen molar-refractivity contribution in [3.05, 3.63) is 12.2 Å². The van der Waals surface area contributed by atoms with E-state index in [1.54, 1.807) is 0 Å². The van der Waals surface area contributed by atoms with Crippen LogP contribution in [-0.2, 0) is 0 Å². The van der Waals surface area contributed by atoms with Crippen molar-refractivity contribution in [2.45, 2.75) is 50.9 Å². The molecule has 3 aliphatic rings. The monoisotopic (exact) mass is 237 g/mol. The Morgan fingerprint density at radius 1 is 1.29 bits per heavy atom. The highest BCUT2D eigenvalue weighted by atomic mass is 16.5. The highest BCUT2D eigenvalue weighted by Crippen LogP contribution is 2.69. The van der Waals surface area contributed by atoms with Crippen LogP contribution in [0.3, 0.4) is 0 Å². The number of aliphatic hydroxyl groups is 2. The minimum Gasteiger partial charge on any atom is -0.364 e. The quantitative estimate of drug-likeness (QED) is 0.565. The van der Waals surface area contributed by atoms with Gasteiger partial charge in [0, 0.05) is 12.5 Å². The molecule has 3 nitrogen and oxygen atoms in total. The van der Waals surface area contributed by atoms with Crippen molar-refractivity contribution < 1.29 is 10.2 Å². The van der Waals surface area contributed by atoms with Crippen molar-refractivity contribution in [3.63, 3.8) is 0 Å². The minimum atomic E-state index is -1.60. The average molecular weight is 237 g/mol. The van der Waals surface area contributed by atoms with Gasteiger partial charge in [0.2, 0.25) is 0 Å². The van der Waals surface area contributed by atoms with Crippen LogP contribution in [0.1, 0.15) is 39.5 Å². The van der Waals surface area contributed by atoms with E-state index in [9.17, 15) is 10.2 Å². The molecule has 2 saturated heterocycles. The lowest BCUT2D eigenvalue weighted by Crippen LogP contribution is -2.65. The Morgan fingerprint density at radius 3 is 2.47 bits per heavy atom. The van der Waals surface area contributed by atoms with Gasteiger partial charge < -0.3 is 10.2 Å². The summed E-state index contributed by atoms with van der Waals surface area (Å²) < 4.78 is 0. The summed E-state index contributed by atoms with van der Waals surface area (Å²) in [6.45, 7) is 9.73. The Balaban J connectivity index is 2.10. The third kappa shape index (κ3) is 1.18. The Bertz CT molecular complexity index is 370. The molecule has 3 rings (SSSR count). The molecule has 2 heterocycles. The second kappa shape index (κ2) is 3.14. The standard InChI is InChI=1S/C14H23NO2/c1-10(2)14(16,17)13-8-11(3)9-15(13)7-6-12(13)4-5-12/h10,16-17H,3-9H2,1-2H3/t13-/m1/s1. The molecule has 1 aliphatic carbocycles. The largest absolute Gasteiger partial charge is 0.364 e. The van der Waals surface area contributed by atoms with Gasteiger partial charge in [-0.05, 0) is 37.6 Å². The van der Waals surface area contributed by atoms with Gasteiger partial charge in [-0.25, -0.2) is 0 Å². The van der Waals surface area contributed by atoms with E-state index >= 15 is 0 Å². The van der Waals surface area contributed by atoms with Crippen molar-refractivity contribution in [1.82, 2.24) is 4.90 Å². The molecule has 3 fully saturated rings. The summed E-state index contributed by atoms with van der Waals surface area (Å²) in [7, 11) is 0. The van der Waals surface area contributed by atoms with E-state index < -0.39 is 11.3 Å². The predicted octanol–water partition coefficient (Wildman–Crippen LogP) is 1.51. The molecule has 0 aromatic rings. The second-order valence-corrected chi connectivity index (χ2v) is 6.62. The van der Waals surface area contributed by atoms with Crippen LogP contribution >= 0.6 is 0 Å². The predicted molar refractivity (Wildman–Crippen MR) is 66.4 cm³/mol. The zero-order valence-corrected chi connectivity index (χ0v) is 10.9. The van der Waals surface area contributed by atoms with Gasteiger partial charge in [0.05, 0.1) is 5.54 Å². The van der Waals surface area contributed by atoms with E-state index in [4.69, 9.17) is 0 Å². The minimum absolute atomic E-state index is 0.147. The molecule has 2 aliphatic heterocycles. The van der Waals surface area contributed by atoms with Crippen LogP contribution in [0.15, 0.2) is 12.2 Å². The van der Waals surface area contributed by atoms with Crippen LogP contribution in [0.2, 0.25) is 0 Å². The third-order valence-electron chi connectivity index (χ3n) is 5.47. The summed E-state index contributed by atoms with van der Waals surface area (Å²) in [4.78, 5) is 2.29. The number of nitrogens with zero attached hydrogens (tertiary/aromatic N) is 1. The SMILES string of the molecule is C=C1CN2CCC3(CC3)[C@@]2(C(O)(O)C(C)C)C1. The summed E-state index contributed by atoms with van der Waals surface area (Å²) >= 11 is 0. The molecule has 96 valence electrons. The van der Waals surface area contributed by atoms with Crippen molar-refractivity contribution in [2.75, 3.05) is 13.1 Å². The first-order chi connectivity index (χ1) is 7.86. The van der Waals surface area contributed by atoms with Crippen LogP contribution in [0.5, 0.6) is 0 Å². The third-order valence-corrected chi connectivity index (χ3v) is 5.47. The van der Waals surface area contributed by atoms with E-state index in [1.165, 1.54) is 0 Å². The number of hydrogen-bond donors (Lipinski definition) is 2. The lowest BCUT2D eigenvalue weighted by atomic mass is 9.69. The molecule has 1 spiro atoms. The summed E-state index contributed by atoms with van der Waals surface area (Å²) in [5, 5.41) is 21.4. The smallest absolute Gasteiger partial charge is 0.184 e. The normalized spacial score (nSPS) is 35.9. The fourth-order valence-corrected chi connectivity index (χ4v) is 4.33. The van der Waals surface area contributed by atoms with Crippen molar-refractivity contribution >= 4 is 0 Å². The van der Waals surface area contributed by atoms with E-state index in [-0.39, 0.29) is 11.3 Å². The van der Waals surface area contributed by atoms with Gasteiger partial charge in [-0.15, -0.1) is 0 Å². The summed E-state index contributed by atoms with van der Waals surface area (Å²) in [6.07, 6.45) is 4.17. The molecule has 1 atom stereocenters. The molecule has 0 amide bonds. The molecule has 0 bridgehead atoms. The zero-order chi connectivity index (χ0) is 12.5. The molecular formula is C14H23NO2. The van der Waals surface area contributed by atoms with Gasteiger partial charge in [-0.1, -0.05) is 26.0 Å². The van der Waals surface area contributed by atoms with E-state index in [0.29, 0.717) is 0 Å². The average Bonchev–Trinajstić information content (AvgIpc) is 2.85. The maximum atomic E-state index is 10.7. The van der Waals surface area contributed by atoms with Crippen LogP contribution in [0, 0.1) is 11.3 Å². The van der Waals surface area contributed by atoms with E-state index in [2.05, 4.69) is 11.5 Å². The first kappa shape index (κ1) is 11.7. The molecule has 1 saturated carbocycles. The molecule has 0 aromatic heterocycles. The molecule has 17 heavy (non-hydrogen) atoms. The lowest BCUT2D eigenvalue weighted by Gasteiger charge is -2.49. The van der Waals surface area contributed by atoms with E-state index in [0.717, 1.165) is 44.3 Å². The topological polar surface area (TPSA) is 43.7 Å². The molecule has 2 N–H and O–H groups in total. The van der Waals surface area contributed by atoms with Gasteiger partial charge in [0.25, 0.3) is 0 Å². The Morgan fingerprint density at radius 2 is 1.94 bits per heavy atom. The molecule has 3 heteroatoms. The Hall–Kier alpha value is -0.380. The molecule has 0 radical (unpaired) electrons. The molecular weight excluding hydrogens is 214 g/mol. The van der Waals surface area contributed by atoms with Gasteiger partial charge in [0.15, 0.2) is 5.79 Å². The number of fused-ring (bicyclic) bond motifs is 2. The summed E-state index contributed by atoms with van der Waals surface area (Å²) in [6, 6.07) is 0. The van der Waals surface area contributed by atoms with Crippen molar-refractivity contribution in [2.24, 2.45) is 11.3 Å². The summed E-state index contributed by atoms with van der Waals surface area (Å²) in [5.74, 6) is -1.74. The van der Waals surface area contributed by atoms with Crippen LogP contribution in [-0.4, -0.2) is 39.5 Å². The first-order valence-corrected chi connectivity index (χ1v) is 6.72. The number of hydrogen-bond acceptors (Lipinski definition) is 3. The van der Waals surface area contributed by atoms with Gasteiger partial charge in [-0.2, -0.15) is 0 Å².